The van der Waals surface area contributed by atoms with Crippen molar-refractivity contribution in [2.75, 3.05) is 6.54 Å². The SMILES string of the molecule is NCC(c1cccs1)C(O)c1ccc(Br)o1. The minimum atomic E-state index is -0.699. The van der Waals surface area contributed by atoms with Gasteiger partial charge in [-0.1, -0.05) is 6.07 Å². The fraction of sp³-hybridized carbons (Fsp3) is 0.273. The van der Waals surface area contributed by atoms with E-state index in [1.807, 2.05) is 17.5 Å². The predicted molar refractivity (Wildman–Crippen MR) is 67.5 cm³/mol. The van der Waals surface area contributed by atoms with Gasteiger partial charge in [0.05, 0.1) is 0 Å². The van der Waals surface area contributed by atoms with Crippen molar-refractivity contribution in [2.24, 2.45) is 5.73 Å². The molecule has 2 aromatic heterocycles. The summed E-state index contributed by atoms with van der Waals surface area (Å²) >= 11 is 4.81. The molecule has 0 saturated heterocycles. The van der Waals surface area contributed by atoms with Crippen LogP contribution in [0.2, 0.25) is 0 Å². The standard InChI is InChI=1S/C11H12BrNO2S/c12-10-4-3-8(15-10)11(14)7(6-13)9-2-1-5-16-9/h1-5,7,11,14H,6,13H2. The first kappa shape index (κ1) is 11.9. The quantitative estimate of drug-likeness (QED) is 0.913. The van der Waals surface area contributed by atoms with Crippen LogP contribution in [0.15, 0.2) is 38.7 Å². The van der Waals surface area contributed by atoms with E-state index in [1.54, 1.807) is 23.5 Å². The molecule has 2 rings (SSSR count). The van der Waals surface area contributed by atoms with Gasteiger partial charge < -0.3 is 15.3 Å². The Labute approximate surface area is 106 Å². The van der Waals surface area contributed by atoms with Crippen LogP contribution in [0.1, 0.15) is 22.7 Å². The van der Waals surface area contributed by atoms with Crippen LogP contribution in [0, 0.1) is 0 Å². The number of hydrogen-bond acceptors (Lipinski definition) is 4. The van der Waals surface area contributed by atoms with Gasteiger partial charge in [-0.2, -0.15) is 0 Å². The average molecular weight is 302 g/mol. The largest absolute Gasteiger partial charge is 0.452 e. The topological polar surface area (TPSA) is 59.4 Å². The van der Waals surface area contributed by atoms with Crippen molar-refractivity contribution >= 4 is 27.3 Å². The molecule has 0 fully saturated rings. The van der Waals surface area contributed by atoms with Gasteiger partial charge in [-0.15, -0.1) is 11.3 Å². The first-order valence-corrected chi connectivity index (χ1v) is 6.56. The summed E-state index contributed by atoms with van der Waals surface area (Å²) in [5, 5.41) is 12.2. The van der Waals surface area contributed by atoms with Crippen LogP contribution in [-0.2, 0) is 0 Å². The summed E-state index contributed by atoms with van der Waals surface area (Å²) in [6.45, 7) is 0.389. The Bertz CT molecular complexity index is 441. The number of hydrogen-bond donors (Lipinski definition) is 2. The first-order valence-electron chi connectivity index (χ1n) is 4.89. The summed E-state index contributed by atoms with van der Waals surface area (Å²) in [6.07, 6.45) is -0.699. The zero-order valence-corrected chi connectivity index (χ0v) is 10.9. The van der Waals surface area contributed by atoms with E-state index in [0.717, 1.165) is 4.88 Å². The van der Waals surface area contributed by atoms with Crippen LogP contribution in [0.5, 0.6) is 0 Å². The summed E-state index contributed by atoms with van der Waals surface area (Å²) in [5.41, 5.74) is 5.70. The lowest BCUT2D eigenvalue weighted by atomic mass is 9.99. The molecule has 0 aliphatic heterocycles. The maximum absolute atomic E-state index is 10.2. The summed E-state index contributed by atoms with van der Waals surface area (Å²) in [4.78, 5) is 1.07. The molecule has 86 valence electrons. The highest BCUT2D eigenvalue weighted by atomic mass is 79.9. The molecule has 0 saturated carbocycles. The molecule has 0 spiro atoms. The number of furan rings is 1. The maximum atomic E-state index is 10.2. The van der Waals surface area contributed by atoms with Crippen LogP contribution in [-0.4, -0.2) is 11.7 Å². The van der Waals surface area contributed by atoms with E-state index in [2.05, 4.69) is 15.9 Å². The van der Waals surface area contributed by atoms with E-state index < -0.39 is 6.10 Å². The van der Waals surface area contributed by atoms with Crippen molar-refractivity contribution in [3.63, 3.8) is 0 Å². The Hall–Kier alpha value is -0.620. The van der Waals surface area contributed by atoms with Gasteiger partial charge in [0.25, 0.3) is 0 Å². The zero-order valence-electron chi connectivity index (χ0n) is 8.47. The van der Waals surface area contributed by atoms with Crippen LogP contribution in [0.3, 0.4) is 0 Å². The molecule has 0 amide bonds. The van der Waals surface area contributed by atoms with Gasteiger partial charge in [-0.05, 0) is 39.5 Å². The smallest absolute Gasteiger partial charge is 0.169 e. The molecule has 3 nitrogen and oxygen atoms in total. The van der Waals surface area contributed by atoms with Gasteiger partial charge in [0, 0.05) is 17.3 Å². The average Bonchev–Trinajstić information content (AvgIpc) is 2.90. The van der Waals surface area contributed by atoms with Gasteiger partial charge in [0.1, 0.15) is 11.9 Å². The number of aliphatic hydroxyl groups is 1. The van der Waals surface area contributed by atoms with Crippen LogP contribution < -0.4 is 5.73 Å². The molecule has 2 aromatic rings. The van der Waals surface area contributed by atoms with Crippen molar-refractivity contribution in [3.05, 3.63) is 45.0 Å². The third-order valence-electron chi connectivity index (χ3n) is 2.43. The van der Waals surface area contributed by atoms with Gasteiger partial charge in [0.15, 0.2) is 4.67 Å². The van der Waals surface area contributed by atoms with Crippen molar-refractivity contribution in [1.82, 2.24) is 0 Å². The lowest BCUT2D eigenvalue weighted by Crippen LogP contribution is -2.18. The summed E-state index contributed by atoms with van der Waals surface area (Å²) in [7, 11) is 0. The number of rotatable bonds is 4. The molecular formula is C11H12BrNO2S. The summed E-state index contributed by atoms with van der Waals surface area (Å²) in [5.74, 6) is 0.425. The van der Waals surface area contributed by atoms with Crippen molar-refractivity contribution in [3.8, 4) is 0 Å². The molecular weight excluding hydrogens is 290 g/mol. The molecule has 2 atom stereocenters. The lowest BCUT2D eigenvalue weighted by molar-refractivity contribution is 0.122. The first-order chi connectivity index (χ1) is 7.72. The monoisotopic (exact) mass is 301 g/mol. The Morgan fingerprint density at radius 1 is 1.44 bits per heavy atom. The number of nitrogens with two attached hydrogens (primary N) is 1. The van der Waals surface area contributed by atoms with E-state index in [4.69, 9.17) is 10.2 Å². The second-order valence-corrected chi connectivity index (χ2v) is 5.21. The zero-order chi connectivity index (χ0) is 11.5. The third-order valence-corrected chi connectivity index (χ3v) is 3.86. The minimum Gasteiger partial charge on any atom is -0.452 e. The highest BCUT2D eigenvalue weighted by Crippen LogP contribution is 2.34. The predicted octanol–water partition coefficient (Wildman–Crippen LogP) is 2.88. The highest BCUT2D eigenvalue weighted by Gasteiger charge is 2.24. The maximum Gasteiger partial charge on any atom is 0.169 e. The minimum absolute atomic E-state index is 0.113. The van der Waals surface area contributed by atoms with Gasteiger partial charge in [-0.3, -0.25) is 0 Å². The second kappa shape index (κ2) is 5.14. The normalized spacial score (nSPS) is 14.9. The van der Waals surface area contributed by atoms with E-state index >= 15 is 0 Å². The molecule has 5 heteroatoms. The van der Waals surface area contributed by atoms with Gasteiger partial charge >= 0.3 is 0 Å². The molecule has 0 bridgehead atoms. The van der Waals surface area contributed by atoms with Gasteiger partial charge in [-0.25, -0.2) is 0 Å². The fourth-order valence-electron chi connectivity index (χ4n) is 1.59. The molecule has 2 unspecified atom stereocenters. The lowest BCUT2D eigenvalue weighted by Gasteiger charge is -2.18. The van der Waals surface area contributed by atoms with Crippen LogP contribution in [0.4, 0.5) is 0 Å². The van der Waals surface area contributed by atoms with E-state index in [0.29, 0.717) is 17.0 Å². The Morgan fingerprint density at radius 3 is 2.75 bits per heavy atom. The van der Waals surface area contributed by atoms with Crippen molar-refractivity contribution in [2.45, 2.75) is 12.0 Å². The van der Waals surface area contributed by atoms with E-state index in [9.17, 15) is 5.11 Å². The Balaban J connectivity index is 2.22. The van der Waals surface area contributed by atoms with Crippen molar-refractivity contribution in [1.29, 1.82) is 0 Å². The Morgan fingerprint density at radius 2 is 2.25 bits per heavy atom. The molecule has 0 aliphatic rings. The van der Waals surface area contributed by atoms with Crippen LogP contribution in [0.25, 0.3) is 0 Å². The number of thiophene rings is 1. The molecule has 0 aromatic carbocycles. The summed E-state index contributed by atoms with van der Waals surface area (Å²) in [6, 6.07) is 7.45. The molecule has 2 heterocycles. The Kier molecular flexibility index (Phi) is 3.81. The van der Waals surface area contributed by atoms with Crippen molar-refractivity contribution < 1.29 is 9.52 Å². The molecule has 3 N–H and O–H groups in total. The molecule has 0 aliphatic carbocycles. The van der Waals surface area contributed by atoms with E-state index in [-0.39, 0.29) is 5.92 Å². The highest BCUT2D eigenvalue weighted by molar-refractivity contribution is 9.10. The molecule has 0 radical (unpaired) electrons. The fourth-order valence-corrected chi connectivity index (χ4v) is 2.78. The van der Waals surface area contributed by atoms with Crippen LogP contribution >= 0.6 is 27.3 Å². The third kappa shape index (κ3) is 2.38. The second-order valence-electron chi connectivity index (χ2n) is 3.44. The number of halogens is 1. The molecule has 16 heavy (non-hydrogen) atoms. The van der Waals surface area contributed by atoms with E-state index in [1.165, 1.54) is 0 Å². The van der Waals surface area contributed by atoms with Gasteiger partial charge in [0.2, 0.25) is 0 Å². The summed E-state index contributed by atoms with van der Waals surface area (Å²) < 4.78 is 5.96. The number of aliphatic hydroxyl groups excluding tert-OH is 1.